The van der Waals surface area contributed by atoms with Crippen molar-refractivity contribution in [1.82, 2.24) is 20.1 Å². The van der Waals surface area contributed by atoms with Crippen LogP contribution in [-0.2, 0) is 11.3 Å². The van der Waals surface area contributed by atoms with Gasteiger partial charge in [-0.1, -0.05) is 23.8 Å². The molecule has 1 heterocycles. The fourth-order valence-electron chi connectivity index (χ4n) is 2.71. The first-order valence-corrected chi connectivity index (χ1v) is 7.81. The Morgan fingerprint density at radius 3 is 2.86 bits per heavy atom. The third-order valence-corrected chi connectivity index (χ3v) is 4.07. The third-order valence-electron chi connectivity index (χ3n) is 4.07. The predicted octanol–water partition coefficient (Wildman–Crippen LogP) is 2.48. The number of aryl methyl sites for hydroxylation is 2. The van der Waals surface area contributed by atoms with E-state index in [-0.39, 0.29) is 18.5 Å². The maximum absolute atomic E-state index is 12.2. The van der Waals surface area contributed by atoms with Gasteiger partial charge >= 0.3 is 0 Å². The Balaban J connectivity index is 1.77. The summed E-state index contributed by atoms with van der Waals surface area (Å²) in [6, 6.07) is 8.34. The molecule has 0 aliphatic heterocycles. The molecule has 1 amide bonds. The highest BCUT2D eigenvalue weighted by atomic mass is 16.2. The second-order valence-electron chi connectivity index (χ2n) is 6.20. The van der Waals surface area contributed by atoms with E-state index in [1.54, 1.807) is 4.68 Å². The average Bonchev–Trinajstić information content (AvgIpc) is 3.23. The van der Waals surface area contributed by atoms with E-state index in [0.717, 1.165) is 17.0 Å². The number of amides is 1. The Morgan fingerprint density at radius 2 is 2.18 bits per heavy atom. The van der Waals surface area contributed by atoms with Crippen LogP contribution in [0.2, 0.25) is 0 Å². The van der Waals surface area contributed by atoms with Crippen LogP contribution in [0.25, 0.3) is 11.4 Å². The number of rotatable bonds is 5. The highest BCUT2D eigenvalue weighted by Crippen LogP contribution is 2.32. The Labute approximate surface area is 130 Å². The summed E-state index contributed by atoms with van der Waals surface area (Å²) < 4.78 is 1.69. The molecular formula is C17H22N4O. The van der Waals surface area contributed by atoms with Gasteiger partial charge in [0.15, 0.2) is 5.82 Å². The van der Waals surface area contributed by atoms with Gasteiger partial charge in [-0.05, 0) is 45.6 Å². The zero-order chi connectivity index (χ0) is 15.7. The number of benzene rings is 1. The van der Waals surface area contributed by atoms with Crippen LogP contribution in [0.1, 0.15) is 31.2 Å². The van der Waals surface area contributed by atoms with Crippen molar-refractivity contribution in [2.45, 2.75) is 46.2 Å². The van der Waals surface area contributed by atoms with Crippen LogP contribution in [0.15, 0.2) is 24.3 Å². The standard InChI is InChI=1S/C17H22N4O/c1-11-5-4-6-15(9-11)17-19-13(3)20-21(17)10-16(22)18-12(2)14-7-8-14/h4-6,9,12,14H,7-8,10H2,1-3H3,(H,18,22). The monoisotopic (exact) mass is 298 g/mol. The van der Waals surface area contributed by atoms with Gasteiger partial charge < -0.3 is 5.32 Å². The van der Waals surface area contributed by atoms with Crippen LogP contribution < -0.4 is 5.32 Å². The number of nitrogens with zero attached hydrogens (tertiary/aromatic N) is 3. The summed E-state index contributed by atoms with van der Waals surface area (Å²) in [5.74, 6) is 2.07. The van der Waals surface area contributed by atoms with E-state index in [1.165, 1.54) is 12.8 Å². The van der Waals surface area contributed by atoms with Crippen molar-refractivity contribution >= 4 is 5.91 Å². The molecule has 0 radical (unpaired) electrons. The van der Waals surface area contributed by atoms with Gasteiger partial charge in [0, 0.05) is 11.6 Å². The molecule has 1 aromatic carbocycles. The summed E-state index contributed by atoms with van der Waals surface area (Å²) in [5, 5.41) is 7.43. The molecule has 5 nitrogen and oxygen atoms in total. The highest BCUT2D eigenvalue weighted by Gasteiger charge is 2.29. The first-order valence-electron chi connectivity index (χ1n) is 7.81. The zero-order valence-electron chi connectivity index (χ0n) is 13.3. The van der Waals surface area contributed by atoms with Crippen LogP contribution in [0.4, 0.5) is 0 Å². The molecule has 1 fully saturated rings. The van der Waals surface area contributed by atoms with Crippen LogP contribution in [-0.4, -0.2) is 26.7 Å². The summed E-state index contributed by atoms with van der Waals surface area (Å²) in [6.45, 7) is 6.17. The Bertz CT molecular complexity index is 688. The van der Waals surface area contributed by atoms with Crippen molar-refractivity contribution in [1.29, 1.82) is 0 Å². The van der Waals surface area contributed by atoms with Crippen molar-refractivity contribution in [2.24, 2.45) is 5.92 Å². The lowest BCUT2D eigenvalue weighted by Gasteiger charge is -2.13. The molecule has 1 N–H and O–H groups in total. The van der Waals surface area contributed by atoms with Crippen molar-refractivity contribution < 1.29 is 4.79 Å². The quantitative estimate of drug-likeness (QED) is 0.922. The molecular weight excluding hydrogens is 276 g/mol. The second kappa shape index (κ2) is 5.91. The first-order chi connectivity index (χ1) is 10.5. The second-order valence-corrected chi connectivity index (χ2v) is 6.20. The molecule has 1 saturated carbocycles. The smallest absolute Gasteiger partial charge is 0.242 e. The van der Waals surface area contributed by atoms with Crippen LogP contribution in [0, 0.1) is 19.8 Å². The van der Waals surface area contributed by atoms with Gasteiger partial charge in [0.2, 0.25) is 5.91 Å². The largest absolute Gasteiger partial charge is 0.352 e. The van der Waals surface area contributed by atoms with Crippen LogP contribution >= 0.6 is 0 Å². The number of carbonyl (C=O) groups is 1. The van der Waals surface area contributed by atoms with Gasteiger partial charge in [-0.3, -0.25) is 4.79 Å². The van der Waals surface area contributed by atoms with Crippen molar-refractivity contribution in [2.75, 3.05) is 0 Å². The van der Waals surface area contributed by atoms with Gasteiger partial charge in [0.1, 0.15) is 12.4 Å². The minimum absolute atomic E-state index is 0.00166. The molecule has 3 rings (SSSR count). The Hall–Kier alpha value is -2.17. The topological polar surface area (TPSA) is 59.8 Å². The number of hydrogen-bond donors (Lipinski definition) is 1. The lowest BCUT2D eigenvalue weighted by molar-refractivity contribution is -0.122. The first kappa shape index (κ1) is 14.8. The minimum Gasteiger partial charge on any atom is -0.352 e. The molecule has 1 aliphatic carbocycles. The van der Waals surface area contributed by atoms with E-state index < -0.39 is 0 Å². The SMILES string of the molecule is Cc1cccc(-c2nc(C)nn2CC(=O)NC(C)C2CC2)c1. The molecule has 116 valence electrons. The summed E-state index contributed by atoms with van der Waals surface area (Å²) in [5.41, 5.74) is 2.15. The number of hydrogen-bond acceptors (Lipinski definition) is 3. The van der Waals surface area contributed by atoms with Crippen molar-refractivity contribution in [3.8, 4) is 11.4 Å². The minimum atomic E-state index is -0.00166. The van der Waals surface area contributed by atoms with Crippen molar-refractivity contribution in [3.63, 3.8) is 0 Å². The summed E-state index contributed by atoms with van der Waals surface area (Å²) in [4.78, 5) is 16.7. The van der Waals surface area contributed by atoms with Gasteiger partial charge in [0.05, 0.1) is 0 Å². The van der Waals surface area contributed by atoms with Crippen LogP contribution in [0.3, 0.4) is 0 Å². The van der Waals surface area contributed by atoms with E-state index in [1.807, 2.05) is 32.0 Å². The molecule has 0 saturated heterocycles. The third kappa shape index (κ3) is 3.35. The molecule has 1 aliphatic rings. The number of nitrogens with one attached hydrogen (secondary N) is 1. The summed E-state index contributed by atoms with van der Waals surface area (Å²) >= 11 is 0. The fourth-order valence-corrected chi connectivity index (χ4v) is 2.71. The van der Waals surface area contributed by atoms with Gasteiger partial charge in [-0.15, -0.1) is 0 Å². The number of aromatic nitrogens is 3. The molecule has 5 heteroatoms. The maximum Gasteiger partial charge on any atom is 0.242 e. The molecule has 2 aromatic rings. The normalized spacial score (nSPS) is 15.6. The van der Waals surface area contributed by atoms with Crippen LogP contribution in [0.5, 0.6) is 0 Å². The molecule has 1 atom stereocenters. The van der Waals surface area contributed by atoms with Gasteiger partial charge in [0.25, 0.3) is 0 Å². The average molecular weight is 298 g/mol. The van der Waals surface area contributed by atoms with E-state index in [4.69, 9.17) is 0 Å². The molecule has 0 spiro atoms. The molecule has 22 heavy (non-hydrogen) atoms. The molecule has 0 bridgehead atoms. The lowest BCUT2D eigenvalue weighted by Crippen LogP contribution is -2.36. The number of carbonyl (C=O) groups excluding carboxylic acids is 1. The van der Waals surface area contributed by atoms with Crippen molar-refractivity contribution in [3.05, 3.63) is 35.7 Å². The molecule has 1 unspecified atom stereocenters. The Kier molecular flexibility index (Phi) is 3.96. The maximum atomic E-state index is 12.2. The Morgan fingerprint density at radius 1 is 1.41 bits per heavy atom. The van der Waals surface area contributed by atoms with E-state index in [0.29, 0.717) is 11.7 Å². The van der Waals surface area contributed by atoms with E-state index >= 15 is 0 Å². The highest BCUT2D eigenvalue weighted by molar-refractivity contribution is 5.76. The predicted molar refractivity (Wildman–Crippen MR) is 85.3 cm³/mol. The van der Waals surface area contributed by atoms with E-state index in [2.05, 4.69) is 28.4 Å². The summed E-state index contributed by atoms with van der Waals surface area (Å²) in [7, 11) is 0. The lowest BCUT2D eigenvalue weighted by atomic mass is 10.1. The van der Waals surface area contributed by atoms with Gasteiger partial charge in [-0.25, -0.2) is 9.67 Å². The molecule has 1 aromatic heterocycles. The summed E-state index contributed by atoms with van der Waals surface area (Å²) in [6.07, 6.45) is 2.44. The fraction of sp³-hybridized carbons (Fsp3) is 0.471. The zero-order valence-corrected chi connectivity index (χ0v) is 13.3. The van der Waals surface area contributed by atoms with Gasteiger partial charge in [-0.2, -0.15) is 5.10 Å². The van der Waals surface area contributed by atoms with E-state index in [9.17, 15) is 4.79 Å².